The summed E-state index contributed by atoms with van der Waals surface area (Å²) in [6.45, 7) is 1.68. The molecule has 2 aromatic rings. The number of carbonyl (C=O) groups is 1. The van der Waals surface area contributed by atoms with Crippen LogP contribution in [0.15, 0.2) is 53.0 Å². The molecule has 4 heteroatoms. The molecule has 0 aromatic heterocycles. The molecule has 0 bridgehead atoms. The molecular formula is C16H15BrFNO. The second-order valence-electron chi connectivity index (χ2n) is 4.95. The Hall–Kier alpha value is -1.52. The molecule has 0 aliphatic rings. The summed E-state index contributed by atoms with van der Waals surface area (Å²) in [4.78, 5) is 12.4. The molecule has 0 saturated carbocycles. The van der Waals surface area contributed by atoms with Crippen molar-refractivity contribution < 1.29 is 9.18 Å². The van der Waals surface area contributed by atoms with E-state index >= 15 is 0 Å². The highest BCUT2D eigenvalue weighted by atomic mass is 79.9. The van der Waals surface area contributed by atoms with E-state index in [9.17, 15) is 9.18 Å². The van der Waals surface area contributed by atoms with Crippen LogP contribution in [0.5, 0.6) is 0 Å². The van der Waals surface area contributed by atoms with Gasteiger partial charge in [0.05, 0.1) is 5.54 Å². The molecular weight excluding hydrogens is 321 g/mol. The molecule has 1 atom stereocenters. The molecule has 0 heterocycles. The van der Waals surface area contributed by atoms with E-state index in [1.807, 2.05) is 30.3 Å². The zero-order valence-electron chi connectivity index (χ0n) is 11.1. The van der Waals surface area contributed by atoms with E-state index in [-0.39, 0.29) is 18.0 Å². The fraction of sp³-hybridized carbons (Fsp3) is 0.188. The topological polar surface area (TPSA) is 43.1 Å². The van der Waals surface area contributed by atoms with Gasteiger partial charge in [0, 0.05) is 10.9 Å². The molecule has 0 aliphatic heterocycles. The average molecular weight is 336 g/mol. The normalized spacial score (nSPS) is 13.8. The van der Waals surface area contributed by atoms with Crippen LogP contribution in [-0.2, 0) is 16.8 Å². The number of hydrogen-bond acceptors (Lipinski definition) is 2. The highest BCUT2D eigenvalue weighted by molar-refractivity contribution is 9.10. The van der Waals surface area contributed by atoms with Crippen LogP contribution in [0.4, 0.5) is 4.39 Å². The van der Waals surface area contributed by atoms with Gasteiger partial charge in [0.2, 0.25) is 0 Å². The predicted molar refractivity (Wildman–Crippen MR) is 80.8 cm³/mol. The third-order valence-corrected chi connectivity index (χ3v) is 3.70. The quantitative estimate of drug-likeness (QED) is 0.927. The van der Waals surface area contributed by atoms with Gasteiger partial charge in [-0.2, -0.15) is 0 Å². The molecule has 1 unspecified atom stereocenters. The Morgan fingerprint density at radius 1 is 1.25 bits per heavy atom. The number of rotatable bonds is 4. The first kappa shape index (κ1) is 14.9. The average Bonchev–Trinajstić information content (AvgIpc) is 2.38. The SMILES string of the molecule is CC(N)(C(=O)Cc1cc(F)cc(Br)c1)c1ccccc1. The van der Waals surface area contributed by atoms with Gasteiger partial charge >= 0.3 is 0 Å². The summed E-state index contributed by atoms with van der Waals surface area (Å²) in [6.07, 6.45) is 0.0955. The Labute approximate surface area is 125 Å². The maximum Gasteiger partial charge on any atom is 0.161 e. The second-order valence-corrected chi connectivity index (χ2v) is 5.86. The van der Waals surface area contributed by atoms with E-state index in [1.165, 1.54) is 12.1 Å². The van der Waals surface area contributed by atoms with Crippen LogP contribution in [0.2, 0.25) is 0 Å². The lowest BCUT2D eigenvalue weighted by molar-refractivity contribution is -0.123. The van der Waals surface area contributed by atoms with Gasteiger partial charge in [0.15, 0.2) is 5.78 Å². The van der Waals surface area contributed by atoms with Gasteiger partial charge in [0.1, 0.15) is 5.82 Å². The molecule has 0 saturated heterocycles. The maximum absolute atomic E-state index is 13.3. The van der Waals surface area contributed by atoms with Crippen LogP contribution in [0.25, 0.3) is 0 Å². The minimum atomic E-state index is -1.08. The van der Waals surface area contributed by atoms with Gasteiger partial charge in [-0.1, -0.05) is 46.3 Å². The van der Waals surface area contributed by atoms with Crippen LogP contribution in [0.3, 0.4) is 0 Å². The summed E-state index contributed by atoms with van der Waals surface area (Å²) in [5.41, 5.74) is 6.42. The van der Waals surface area contributed by atoms with Crippen molar-refractivity contribution in [2.45, 2.75) is 18.9 Å². The monoisotopic (exact) mass is 335 g/mol. The molecule has 2 rings (SSSR count). The summed E-state index contributed by atoms with van der Waals surface area (Å²) in [5.74, 6) is -0.526. The lowest BCUT2D eigenvalue weighted by Crippen LogP contribution is -2.42. The van der Waals surface area contributed by atoms with Crippen molar-refractivity contribution >= 4 is 21.7 Å². The number of nitrogens with two attached hydrogens (primary N) is 1. The molecule has 0 spiro atoms. The molecule has 0 aliphatic carbocycles. The fourth-order valence-corrected chi connectivity index (χ4v) is 2.54. The van der Waals surface area contributed by atoms with Crippen LogP contribution in [-0.4, -0.2) is 5.78 Å². The van der Waals surface area contributed by atoms with Crippen LogP contribution >= 0.6 is 15.9 Å². The highest BCUT2D eigenvalue weighted by Gasteiger charge is 2.29. The minimum absolute atomic E-state index is 0.0955. The van der Waals surface area contributed by atoms with Gasteiger partial charge in [-0.25, -0.2) is 4.39 Å². The summed E-state index contributed by atoms with van der Waals surface area (Å²) in [5, 5.41) is 0. The van der Waals surface area contributed by atoms with Gasteiger partial charge in [-0.15, -0.1) is 0 Å². The summed E-state index contributed by atoms with van der Waals surface area (Å²) >= 11 is 3.22. The molecule has 0 amide bonds. The first-order chi connectivity index (χ1) is 9.39. The highest BCUT2D eigenvalue weighted by Crippen LogP contribution is 2.22. The Kier molecular flexibility index (Phi) is 4.35. The van der Waals surface area contributed by atoms with Gasteiger partial charge < -0.3 is 5.73 Å². The predicted octanol–water partition coefficient (Wildman–Crippen LogP) is 3.57. The zero-order chi connectivity index (χ0) is 14.8. The van der Waals surface area contributed by atoms with Crippen molar-refractivity contribution in [3.8, 4) is 0 Å². The van der Waals surface area contributed by atoms with E-state index in [0.717, 1.165) is 5.56 Å². The molecule has 20 heavy (non-hydrogen) atoms. The van der Waals surface area contributed by atoms with Crippen molar-refractivity contribution in [3.05, 3.63) is 69.9 Å². The van der Waals surface area contributed by atoms with E-state index < -0.39 is 5.54 Å². The summed E-state index contributed by atoms with van der Waals surface area (Å²) < 4.78 is 13.9. The number of halogens is 2. The van der Waals surface area contributed by atoms with Gasteiger partial charge in [0.25, 0.3) is 0 Å². The first-order valence-corrected chi connectivity index (χ1v) is 7.01. The van der Waals surface area contributed by atoms with Crippen LogP contribution in [0.1, 0.15) is 18.1 Å². The first-order valence-electron chi connectivity index (χ1n) is 6.22. The number of ketones is 1. The molecule has 104 valence electrons. The standard InChI is InChI=1S/C16H15BrFNO/c1-16(19,12-5-3-2-4-6-12)15(20)9-11-7-13(17)10-14(18)8-11/h2-8,10H,9,19H2,1H3. The van der Waals surface area contributed by atoms with Crippen molar-refractivity contribution in [2.24, 2.45) is 5.73 Å². The fourth-order valence-electron chi connectivity index (χ4n) is 2.03. The van der Waals surface area contributed by atoms with Gasteiger partial charge in [-0.3, -0.25) is 4.79 Å². The van der Waals surface area contributed by atoms with Crippen molar-refractivity contribution in [1.29, 1.82) is 0 Å². The number of hydrogen-bond donors (Lipinski definition) is 1. The largest absolute Gasteiger partial charge is 0.315 e. The lowest BCUT2D eigenvalue weighted by Gasteiger charge is -2.23. The summed E-state index contributed by atoms with van der Waals surface area (Å²) in [7, 11) is 0. The number of Topliss-reactive ketones (excluding diaryl/α,β-unsaturated/α-hetero) is 1. The third kappa shape index (κ3) is 3.32. The van der Waals surface area contributed by atoms with Crippen molar-refractivity contribution in [1.82, 2.24) is 0 Å². The van der Waals surface area contributed by atoms with E-state index in [0.29, 0.717) is 10.0 Å². The van der Waals surface area contributed by atoms with Crippen LogP contribution in [0, 0.1) is 5.82 Å². The van der Waals surface area contributed by atoms with E-state index in [4.69, 9.17) is 5.73 Å². The molecule has 0 radical (unpaired) electrons. The Balaban J connectivity index is 2.23. The molecule has 0 fully saturated rings. The Morgan fingerprint density at radius 3 is 2.50 bits per heavy atom. The zero-order valence-corrected chi connectivity index (χ0v) is 12.7. The number of benzene rings is 2. The van der Waals surface area contributed by atoms with Crippen molar-refractivity contribution in [2.75, 3.05) is 0 Å². The number of carbonyl (C=O) groups excluding carboxylic acids is 1. The van der Waals surface area contributed by atoms with E-state index in [2.05, 4.69) is 15.9 Å². The van der Waals surface area contributed by atoms with Gasteiger partial charge in [-0.05, 0) is 36.2 Å². The van der Waals surface area contributed by atoms with Crippen molar-refractivity contribution in [3.63, 3.8) is 0 Å². The third-order valence-electron chi connectivity index (χ3n) is 3.24. The molecule has 2 N–H and O–H groups in total. The Morgan fingerprint density at radius 2 is 1.90 bits per heavy atom. The smallest absolute Gasteiger partial charge is 0.161 e. The van der Waals surface area contributed by atoms with E-state index in [1.54, 1.807) is 13.0 Å². The Bertz CT molecular complexity index is 605. The minimum Gasteiger partial charge on any atom is -0.315 e. The lowest BCUT2D eigenvalue weighted by atomic mass is 9.86. The summed E-state index contributed by atoms with van der Waals surface area (Å²) in [6, 6.07) is 13.6. The molecule has 2 aromatic carbocycles. The maximum atomic E-state index is 13.3. The molecule has 2 nitrogen and oxygen atoms in total. The second kappa shape index (κ2) is 5.85. The van der Waals surface area contributed by atoms with Crippen LogP contribution < -0.4 is 5.73 Å².